The fourth-order valence-electron chi connectivity index (χ4n) is 5.95. The number of piperidine rings is 1. The van der Waals surface area contributed by atoms with Gasteiger partial charge < -0.3 is 14.7 Å². The zero-order valence-electron chi connectivity index (χ0n) is 23.0. The number of hydrogen-bond acceptors (Lipinski definition) is 7. The van der Waals surface area contributed by atoms with Gasteiger partial charge in [-0.1, -0.05) is 28.1 Å². The first-order valence-electron chi connectivity index (χ1n) is 13.9. The van der Waals surface area contributed by atoms with Crippen molar-refractivity contribution in [1.82, 2.24) is 23.7 Å². The molecule has 0 aliphatic carbocycles. The number of benzene rings is 2. The molecule has 224 valence electrons. The highest BCUT2D eigenvalue weighted by Crippen LogP contribution is 2.24. The van der Waals surface area contributed by atoms with Crippen molar-refractivity contribution in [2.24, 2.45) is 0 Å². The summed E-state index contributed by atoms with van der Waals surface area (Å²) in [6.07, 6.45) is 4.23. The molecule has 0 spiro atoms. The molecule has 2 aromatic rings. The quantitative estimate of drug-likeness (QED) is 0.451. The molecule has 11 nitrogen and oxygen atoms in total. The lowest BCUT2D eigenvalue weighted by Gasteiger charge is -2.43. The summed E-state index contributed by atoms with van der Waals surface area (Å²) in [7, 11) is -7.38. The van der Waals surface area contributed by atoms with E-state index in [1.54, 1.807) is 17.0 Å². The molecule has 0 bridgehead atoms. The van der Waals surface area contributed by atoms with Crippen LogP contribution in [0.5, 0.6) is 0 Å². The van der Waals surface area contributed by atoms with Gasteiger partial charge in [0, 0.05) is 37.2 Å². The highest BCUT2D eigenvalue weighted by Gasteiger charge is 2.38. The van der Waals surface area contributed by atoms with E-state index < -0.39 is 32.0 Å². The van der Waals surface area contributed by atoms with Crippen molar-refractivity contribution in [2.75, 3.05) is 58.6 Å². The largest absolute Gasteiger partial charge is 0.334 e. The normalized spacial score (nSPS) is 23.4. The van der Waals surface area contributed by atoms with Crippen LogP contribution in [-0.4, -0.2) is 118 Å². The second-order valence-electron chi connectivity index (χ2n) is 11.1. The average Bonchev–Trinajstić information content (AvgIpc) is 3.43. The fraction of sp³-hybridized carbons (Fsp3) is 0.556. The Kier molecular flexibility index (Phi) is 9.07. The molecule has 3 heterocycles. The van der Waals surface area contributed by atoms with Crippen molar-refractivity contribution in [3.05, 3.63) is 40.9 Å². The van der Waals surface area contributed by atoms with Crippen LogP contribution in [0.15, 0.2) is 45.8 Å². The van der Waals surface area contributed by atoms with Crippen molar-refractivity contribution in [1.29, 1.82) is 0 Å². The maximum Gasteiger partial charge on any atom is 0.242 e. The van der Waals surface area contributed by atoms with E-state index in [0.717, 1.165) is 41.2 Å². The van der Waals surface area contributed by atoms with Crippen molar-refractivity contribution in [2.45, 2.75) is 42.7 Å². The van der Waals surface area contributed by atoms with E-state index in [2.05, 4.69) is 25.6 Å². The molecule has 2 amide bonds. The van der Waals surface area contributed by atoms with Crippen LogP contribution in [0.25, 0.3) is 10.8 Å². The van der Waals surface area contributed by atoms with Gasteiger partial charge in [-0.05, 0) is 73.8 Å². The number of hydrogen-bond donors (Lipinski definition) is 1. The van der Waals surface area contributed by atoms with Gasteiger partial charge in [0.1, 0.15) is 6.04 Å². The van der Waals surface area contributed by atoms with Crippen molar-refractivity contribution in [3.8, 4) is 0 Å². The van der Waals surface area contributed by atoms with Gasteiger partial charge in [0.2, 0.25) is 31.9 Å². The summed E-state index contributed by atoms with van der Waals surface area (Å²) in [6.45, 7) is 3.28. The van der Waals surface area contributed by atoms with Crippen LogP contribution in [-0.2, 0) is 29.6 Å². The van der Waals surface area contributed by atoms with Gasteiger partial charge in [-0.2, -0.15) is 9.03 Å². The van der Waals surface area contributed by atoms with Crippen LogP contribution in [0.2, 0.25) is 0 Å². The minimum atomic E-state index is -3.98. The first-order valence-corrected chi connectivity index (χ1v) is 18.0. The van der Waals surface area contributed by atoms with Gasteiger partial charge in [0.05, 0.1) is 23.7 Å². The lowest BCUT2D eigenvalue weighted by atomic mass is 10.1. The predicted octanol–water partition coefficient (Wildman–Crippen LogP) is 1.44. The number of sulfonamides is 2. The van der Waals surface area contributed by atoms with Gasteiger partial charge in [-0.3, -0.25) is 9.59 Å². The third kappa shape index (κ3) is 7.11. The van der Waals surface area contributed by atoms with E-state index >= 15 is 0 Å². The number of carbonyl (C=O) groups is 2. The number of rotatable bonds is 8. The minimum Gasteiger partial charge on any atom is -0.334 e. The molecule has 3 aliphatic rings. The van der Waals surface area contributed by atoms with E-state index in [-0.39, 0.29) is 43.0 Å². The number of halogens is 1. The second-order valence-corrected chi connectivity index (χ2v) is 15.7. The molecule has 2 aromatic carbocycles. The number of likely N-dealkylation sites (tertiary alicyclic amines) is 2. The Morgan fingerprint density at radius 1 is 0.951 bits per heavy atom. The van der Waals surface area contributed by atoms with Crippen LogP contribution in [0.4, 0.5) is 0 Å². The van der Waals surface area contributed by atoms with Crippen molar-refractivity contribution < 1.29 is 26.4 Å². The second kappa shape index (κ2) is 12.3. The standard InChI is InChI=1S/C27H36BrN5O6S2/c1-40(36,37)32-13-14-33(23(18-32)17-30-10-2-3-11-30)26(34)19-31-12-4-5-25(27(31)35)29-41(38,39)24-9-7-20-15-22(28)8-6-21(20)16-24/h6-9,15-16,23,25,29H,2-5,10-14,17-19H2,1H3. The van der Waals surface area contributed by atoms with E-state index in [9.17, 15) is 26.4 Å². The monoisotopic (exact) mass is 669 g/mol. The zero-order chi connectivity index (χ0) is 29.4. The van der Waals surface area contributed by atoms with Gasteiger partial charge in [0.15, 0.2) is 0 Å². The number of fused-ring (bicyclic) bond motifs is 1. The van der Waals surface area contributed by atoms with E-state index in [1.165, 1.54) is 21.5 Å². The molecule has 2 unspecified atom stereocenters. The topological polar surface area (TPSA) is 127 Å². The molecule has 14 heteroatoms. The Bertz CT molecular complexity index is 1530. The highest BCUT2D eigenvalue weighted by molar-refractivity contribution is 9.10. The fourth-order valence-corrected chi connectivity index (χ4v) is 8.45. The van der Waals surface area contributed by atoms with E-state index in [0.29, 0.717) is 25.9 Å². The predicted molar refractivity (Wildman–Crippen MR) is 159 cm³/mol. The van der Waals surface area contributed by atoms with Gasteiger partial charge in [0.25, 0.3) is 0 Å². The molecule has 0 saturated carbocycles. The lowest BCUT2D eigenvalue weighted by molar-refractivity contribution is -0.145. The molecule has 2 atom stereocenters. The lowest BCUT2D eigenvalue weighted by Crippen LogP contribution is -2.61. The Morgan fingerprint density at radius 2 is 1.66 bits per heavy atom. The van der Waals surface area contributed by atoms with Gasteiger partial charge >= 0.3 is 0 Å². The number of amides is 2. The zero-order valence-corrected chi connectivity index (χ0v) is 26.3. The Balaban J connectivity index is 1.26. The summed E-state index contributed by atoms with van der Waals surface area (Å²) >= 11 is 3.42. The molecule has 3 aliphatic heterocycles. The summed E-state index contributed by atoms with van der Waals surface area (Å²) in [4.78, 5) is 32.3. The van der Waals surface area contributed by atoms with Crippen LogP contribution in [0.1, 0.15) is 25.7 Å². The van der Waals surface area contributed by atoms with Crippen LogP contribution < -0.4 is 4.72 Å². The van der Waals surface area contributed by atoms with E-state index in [1.807, 2.05) is 18.2 Å². The molecule has 1 N–H and O–H groups in total. The maximum absolute atomic E-state index is 13.5. The summed E-state index contributed by atoms with van der Waals surface area (Å²) in [5.74, 6) is -0.677. The van der Waals surface area contributed by atoms with Crippen molar-refractivity contribution >= 4 is 58.6 Å². The van der Waals surface area contributed by atoms with Crippen LogP contribution in [0.3, 0.4) is 0 Å². The Labute approximate surface area is 250 Å². The molecule has 5 rings (SSSR count). The first kappa shape index (κ1) is 30.4. The number of nitrogens with zero attached hydrogens (tertiary/aromatic N) is 4. The highest BCUT2D eigenvalue weighted by atomic mass is 79.9. The molecule has 0 radical (unpaired) electrons. The van der Waals surface area contributed by atoms with Gasteiger partial charge in [-0.15, -0.1) is 0 Å². The van der Waals surface area contributed by atoms with Crippen LogP contribution >= 0.6 is 15.9 Å². The number of nitrogens with one attached hydrogen (secondary N) is 1. The maximum atomic E-state index is 13.5. The average molecular weight is 671 g/mol. The third-order valence-electron chi connectivity index (χ3n) is 8.14. The first-order chi connectivity index (χ1) is 19.4. The summed E-state index contributed by atoms with van der Waals surface area (Å²) < 4.78 is 55.8. The van der Waals surface area contributed by atoms with Gasteiger partial charge in [-0.25, -0.2) is 16.8 Å². The third-order valence-corrected chi connectivity index (χ3v) is 11.4. The molecule has 3 saturated heterocycles. The SMILES string of the molecule is CS(=O)(=O)N1CCN(C(=O)CN2CCCC(NS(=O)(=O)c3ccc4cc(Br)ccc4c3)C2=O)C(CN2CCCC2)C1. The minimum absolute atomic E-state index is 0.0711. The molecule has 0 aromatic heterocycles. The summed E-state index contributed by atoms with van der Waals surface area (Å²) in [5.41, 5.74) is 0. The van der Waals surface area contributed by atoms with Crippen LogP contribution in [0, 0.1) is 0 Å². The van der Waals surface area contributed by atoms with Crippen molar-refractivity contribution in [3.63, 3.8) is 0 Å². The smallest absolute Gasteiger partial charge is 0.242 e. The van der Waals surface area contributed by atoms with E-state index in [4.69, 9.17) is 0 Å². The Hall–Kier alpha value is -2.10. The Morgan fingerprint density at radius 3 is 2.39 bits per heavy atom. The number of carbonyl (C=O) groups excluding carboxylic acids is 2. The summed E-state index contributed by atoms with van der Waals surface area (Å²) in [5, 5.41) is 1.65. The summed E-state index contributed by atoms with van der Waals surface area (Å²) in [6, 6.07) is 9.10. The molecule has 3 fully saturated rings. The number of piperazine rings is 1. The molecule has 41 heavy (non-hydrogen) atoms. The molecular weight excluding hydrogens is 634 g/mol. The molecular formula is C27H36BrN5O6S2.